The Hall–Kier alpha value is -2.20. The van der Waals surface area contributed by atoms with Gasteiger partial charge in [-0.05, 0) is 36.1 Å². The number of carbonyl (C=O) groups is 1. The summed E-state index contributed by atoms with van der Waals surface area (Å²) in [5, 5.41) is 9.75. The summed E-state index contributed by atoms with van der Waals surface area (Å²) >= 11 is 0. The molecule has 0 radical (unpaired) electrons. The monoisotopic (exact) mass is 282 g/mol. The molecule has 0 aliphatic carbocycles. The molecule has 0 saturated carbocycles. The summed E-state index contributed by atoms with van der Waals surface area (Å²) in [6.45, 7) is 2.47. The molecule has 2 heterocycles. The number of aryl methyl sites for hydroxylation is 1. The lowest BCUT2D eigenvalue weighted by Crippen LogP contribution is -2.41. The standard InChI is InChI=1S/C17H18N2O2/c1-12-8-14(10-18-9-12)17(21)19-7-6-13-4-2-3-5-15(13)16(19)11-20/h2-5,8-10,16,20H,6-7,11H2,1H3. The Labute approximate surface area is 124 Å². The van der Waals surface area contributed by atoms with Crippen molar-refractivity contribution < 1.29 is 9.90 Å². The van der Waals surface area contributed by atoms with E-state index in [0.717, 1.165) is 17.5 Å². The van der Waals surface area contributed by atoms with Crippen LogP contribution in [0.15, 0.2) is 42.7 Å². The number of aromatic nitrogens is 1. The largest absolute Gasteiger partial charge is 0.394 e. The molecular weight excluding hydrogens is 264 g/mol. The first-order valence-corrected chi connectivity index (χ1v) is 7.12. The van der Waals surface area contributed by atoms with Gasteiger partial charge < -0.3 is 10.0 Å². The number of aliphatic hydroxyl groups excluding tert-OH is 1. The molecule has 1 aromatic heterocycles. The fourth-order valence-corrected chi connectivity index (χ4v) is 2.93. The molecular formula is C17H18N2O2. The number of benzene rings is 1. The Morgan fingerprint density at radius 3 is 2.95 bits per heavy atom. The van der Waals surface area contributed by atoms with E-state index in [9.17, 15) is 9.90 Å². The summed E-state index contributed by atoms with van der Waals surface area (Å²) in [7, 11) is 0. The third kappa shape index (κ3) is 2.54. The van der Waals surface area contributed by atoms with E-state index in [0.29, 0.717) is 12.1 Å². The fourth-order valence-electron chi connectivity index (χ4n) is 2.93. The van der Waals surface area contributed by atoms with Crippen molar-refractivity contribution in [1.82, 2.24) is 9.88 Å². The zero-order valence-electron chi connectivity index (χ0n) is 12.0. The first kappa shape index (κ1) is 13.8. The average molecular weight is 282 g/mol. The highest BCUT2D eigenvalue weighted by atomic mass is 16.3. The molecule has 1 aromatic carbocycles. The first-order valence-electron chi connectivity index (χ1n) is 7.12. The van der Waals surface area contributed by atoms with Crippen molar-refractivity contribution in [3.05, 3.63) is 65.0 Å². The van der Waals surface area contributed by atoms with Crippen molar-refractivity contribution >= 4 is 5.91 Å². The molecule has 1 N–H and O–H groups in total. The molecule has 1 unspecified atom stereocenters. The number of rotatable bonds is 2. The summed E-state index contributed by atoms with van der Waals surface area (Å²) in [6, 6.07) is 9.56. The number of hydrogen-bond donors (Lipinski definition) is 1. The predicted octanol–water partition coefficient (Wildman–Crippen LogP) is 2.12. The van der Waals surface area contributed by atoms with Gasteiger partial charge in [0.25, 0.3) is 5.91 Å². The number of fused-ring (bicyclic) bond motifs is 1. The van der Waals surface area contributed by atoms with E-state index < -0.39 is 0 Å². The van der Waals surface area contributed by atoms with Crippen molar-refractivity contribution in [1.29, 1.82) is 0 Å². The van der Waals surface area contributed by atoms with E-state index in [1.54, 1.807) is 17.3 Å². The molecule has 0 spiro atoms. The molecule has 4 heteroatoms. The van der Waals surface area contributed by atoms with Gasteiger partial charge in [-0.2, -0.15) is 0 Å². The lowest BCUT2D eigenvalue weighted by molar-refractivity contribution is 0.0568. The third-order valence-corrected chi connectivity index (χ3v) is 3.97. The van der Waals surface area contributed by atoms with E-state index in [-0.39, 0.29) is 18.6 Å². The van der Waals surface area contributed by atoms with Crippen molar-refractivity contribution in [2.75, 3.05) is 13.2 Å². The molecule has 21 heavy (non-hydrogen) atoms. The first-order chi connectivity index (χ1) is 10.2. The van der Waals surface area contributed by atoms with Crippen molar-refractivity contribution in [3.8, 4) is 0 Å². The number of aliphatic hydroxyl groups is 1. The molecule has 1 aliphatic rings. The van der Waals surface area contributed by atoms with Crippen LogP contribution in [0.1, 0.15) is 33.1 Å². The highest BCUT2D eigenvalue weighted by Gasteiger charge is 2.30. The van der Waals surface area contributed by atoms with Crippen LogP contribution in [-0.4, -0.2) is 34.0 Å². The molecule has 0 bridgehead atoms. The van der Waals surface area contributed by atoms with Crippen molar-refractivity contribution in [2.24, 2.45) is 0 Å². The van der Waals surface area contributed by atoms with Crippen LogP contribution in [0.25, 0.3) is 0 Å². The summed E-state index contributed by atoms with van der Waals surface area (Å²) in [5.41, 5.74) is 3.79. The minimum Gasteiger partial charge on any atom is -0.394 e. The van der Waals surface area contributed by atoms with E-state index in [2.05, 4.69) is 11.1 Å². The number of nitrogens with zero attached hydrogens (tertiary/aromatic N) is 2. The van der Waals surface area contributed by atoms with Gasteiger partial charge in [-0.3, -0.25) is 9.78 Å². The number of carbonyl (C=O) groups excluding carboxylic acids is 1. The van der Waals surface area contributed by atoms with Gasteiger partial charge in [-0.25, -0.2) is 0 Å². The zero-order chi connectivity index (χ0) is 14.8. The highest BCUT2D eigenvalue weighted by Crippen LogP contribution is 2.30. The Balaban J connectivity index is 1.94. The average Bonchev–Trinajstić information content (AvgIpc) is 2.53. The van der Waals surface area contributed by atoms with E-state index in [1.807, 2.05) is 31.2 Å². The van der Waals surface area contributed by atoms with Gasteiger partial charge in [0, 0.05) is 18.9 Å². The van der Waals surface area contributed by atoms with Crippen LogP contribution in [0.5, 0.6) is 0 Å². The molecule has 3 rings (SSSR count). The van der Waals surface area contributed by atoms with Crippen LogP contribution in [0.2, 0.25) is 0 Å². The summed E-state index contributed by atoms with van der Waals surface area (Å²) in [5.74, 6) is -0.0697. The normalized spacial score (nSPS) is 17.4. The molecule has 1 aliphatic heterocycles. The zero-order valence-corrected chi connectivity index (χ0v) is 12.0. The molecule has 0 fully saturated rings. The second-order valence-corrected chi connectivity index (χ2v) is 5.40. The van der Waals surface area contributed by atoms with Gasteiger partial charge in [0.15, 0.2) is 0 Å². The van der Waals surface area contributed by atoms with Crippen LogP contribution >= 0.6 is 0 Å². The molecule has 4 nitrogen and oxygen atoms in total. The molecule has 1 atom stereocenters. The maximum absolute atomic E-state index is 12.7. The van der Waals surface area contributed by atoms with Gasteiger partial charge in [0.1, 0.15) is 0 Å². The van der Waals surface area contributed by atoms with Gasteiger partial charge in [-0.1, -0.05) is 24.3 Å². The number of hydrogen-bond acceptors (Lipinski definition) is 3. The summed E-state index contributed by atoms with van der Waals surface area (Å²) in [6.07, 6.45) is 4.13. The lowest BCUT2D eigenvalue weighted by atomic mass is 9.92. The van der Waals surface area contributed by atoms with E-state index in [4.69, 9.17) is 0 Å². The maximum atomic E-state index is 12.7. The minimum atomic E-state index is -0.275. The van der Waals surface area contributed by atoms with Crippen LogP contribution in [0, 0.1) is 6.92 Å². The highest BCUT2D eigenvalue weighted by molar-refractivity contribution is 5.94. The molecule has 2 aromatic rings. The second-order valence-electron chi connectivity index (χ2n) is 5.40. The minimum absolute atomic E-state index is 0.0675. The quantitative estimate of drug-likeness (QED) is 0.918. The van der Waals surface area contributed by atoms with Crippen LogP contribution in [0.4, 0.5) is 0 Å². The Bertz CT molecular complexity index is 669. The second kappa shape index (κ2) is 5.66. The topological polar surface area (TPSA) is 53.4 Å². The Kier molecular flexibility index (Phi) is 3.71. The van der Waals surface area contributed by atoms with Crippen molar-refractivity contribution in [3.63, 3.8) is 0 Å². The number of pyridine rings is 1. The molecule has 0 saturated heterocycles. The van der Waals surface area contributed by atoms with Gasteiger partial charge >= 0.3 is 0 Å². The van der Waals surface area contributed by atoms with Crippen LogP contribution in [-0.2, 0) is 6.42 Å². The van der Waals surface area contributed by atoms with Crippen molar-refractivity contribution in [2.45, 2.75) is 19.4 Å². The lowest BCUT2D eigenvalue weighted by Gasteiger charge is -2.36. The Morgan fingerprint density at radius 2 is 2.19 bits per heavy atom. The number of amides is 1. The Morgan fingerprint density at radius 1 is 1.38 bits per heavy atom. The van der Waals surface area contributed by atoms with E-state index >= 15 is 0 Å². The summed E-state index contributed by atoms with van der Waals surface area (Å²) < 4.78 is 0. The summed E-state index contributed by atoms with van der Waals surface area (Å²) in [4.78, 5) is 18.5. The van der Waals surface area contributed by atoms with Gasteiger partial charge in [0.05, 0.1) is 18.2 Å². The smallest absolute Gasteiger partial charge is 0.256 e. The van der Waals surface area contributed by atoms with Crippen LogP contribution < -0.4 is 0 Å². The SMILES string of the molecule is Cc1cncc(C(=O)N2CCc3ccccc3C2CO)c1. The molecule has 1 amide bonds. The maximum Gasteiger partial charge on any atom is 0.256 e. The molecule has 108 valence electrons. The predicted molar refractivity (Wildman–Crippen MR) is 80.0 cm³/mol. The van der Waals surface area contributed by atoms with E-state index in [1.165, 1.54) is 5.56 Å². The third-order valence-electron chi connectivity index (χ3n) is 3.97. The van der Waals surface area contributed by atoms with Crippen LogP contribution in [0.3, 0.4) is 0 Å². The van der Waals surface area contributed by atoms with Gasteiger partial charge in [-0.15, -0.1) is 0 Å². The fraction of sp³-hybridized carbons (Fsp3) is 0.294. The van der Waals surface area contributed by atoms with Gasteiger partial charge in [0.2, 0.25) is 0 Å².